The van der Waals surface area contributed by atoms with Crippen molar-refractivity contribution in [3.8, 4) is 0 Å². The Kier molecular flexibility index (Phi) is 6.46. The van der Waals surface area contributed by atoms with E-state index >= 15 is 0 Å². The molecule has 178 valence electrons. The van der Waals surface area contributed by atoms with Crippen molar-refractivity contribution in [2.45, 2.75) is 12.8 Å². The number of hydrogen-bond donors (Lipinski definition) is 3. The molecule has 1 saturated heterocycles. The van der Waals surface area contributed by atoms with E-state index in [0.717, 1.165) is 60.9 Å². The van der Waals surface area contributed by atoms with E-state index in [0.29, 0.717) is 23.8 Å². The number of allylic oxidation sites excluding steroid dienone is 1. The van der Waals surface area contributed by atoms with E-state index in [-0.39, 0.29) is 0 Å². The zero-order valence-corrected chi connectivity index (χ0v) is 19.8. The van der Waals surface area contributed by atoms with Gasteiger partial charge < -0.3 is 19.9 Å². The Balaban J connectivity index is 1.46. The number of aromatic nitrogens is 3. The van der Waals surface area contributed by atoms with E-state index in [9.17, 15) is 0 Å². The minimum atomic E-state index is 0.373. The number of ether oxygens (including phenoxy) is 1. The summed E-state index contributed by atoms with van der Waals surface area (Å²) in [5.41, 5.74) is 4.20. The molecule has 0 atom stereocenters. The maximum Gasteiger partial charge on any atom is 0.175 e. The Bertz CT molecular complexity index is 1230. The molecular formula is C25H32N8O. The van der Waals surface area contributed by atoms with Gasteiger partial charge in [-0.15, -0.1) is 5.10 Å². The minimum Gasteiger partial charge on any atom is -0.490 e. The third kappa shape index (κ3) is 4.62. The van der Waals surface area contributed by atoms with Gasteiger partial charge in [-0.05, 0) is 58.2 Å². The monoisotopic (exact) mass is 460 g/mol. The molecule has 3 N–H and O–H groups in total. The lowest BCUT2D eigenvalue weighted by Crippen LogP contribution is -2.25. The van der Waals surface area contributed by atoms with Crippen LogP contribution in [0.1, 0.15) is 24.1 Å². The van der Waals surface area contributed by atoms with E-state index < -0.39 is 0 Å². The van der Waals surface area contributed by atoms with Gasteiger partial charge in [0.25, 0.3) is 0 Å². The van der Waals surface area contributed by atoms with Crippen LogP contribution < -0.4 is 5.32 Å². The average Bonchev–Trinajstić information content (AvgIpc) is 3.57. The number of pyridine rings is 1. The van der Waals surface area contributed by atoms with Crippen molar-refractivity contribution < 1.29 is 4.74 Å². The maximum absolute atomic E-state index is 8.81. The predicted octanol–water partition coefficient (Wildman–Crippen LogP) is 3.24. The Morgan fingerprint density at radius 2 is 2.09 bits per heavy atom. The number of anilines is 1. The van der Waals surface area contributed by atoms with Crippen molar-refractivity contribution in [1.29, 1.82) is 5.41 Å². The molecular weight excluding hydrogens is 428 g/mol. The van der Waals surface area contributed by atoms with Crippen molar-refractivity contribution in [3.05, 3.63) is 54.0 Å². The highest BCUT2D eigenvalue weighted by molar-refractivity contribution is 6.54. The molecule has 0 aromatic carbocycles. The zero-order valence-electron chi connectivity index (χ0n) is 19.8. The molecule has 0 unspecified atom stereocenters. The fraction of sp³-hybridized carbons (Fsp3) is 0.400. The van der Waals surface area contributed by atoms with Crippen molar-refractivity contribution in [2.75, 3.05) is 58.7 Å². The first kappa shape index (κ1) is 22.4. The van der Waals surface area contributed by atoms with Gasteiger partial charge in [0, 0.05) is 43.7 Å². The van der Waals surface area contributed by atoms with Gasteiger partial charge in [0.2, 0.25) is 0 Å². The number of likely N-dealkylation sites (N-methyl/N-ethyl adjacent to an activating group) is 1. The van der Waals surface area contributed by atoms with Gasteiger partial charge in [-0.25, -0.2) is 9.51 Å². The molecule has 0 amide bonds. The molecule has 0 saturated carbocycles. The lowest BCUT2D eigenvalue weighted by molar-refractivity contribution is 0.213. The molecule has 4 heterocycles. The number of fused-ring (bicyclic) bond motifs is 2. The summed E-state index contributed by atoms with van der Waals surface area (Å²) >= 11 is 0. The third-order valence-corrected chi connectivity index (χ3v) is 6.25. The molecule has 0 radical (unpaired) electrons. The van der Waals surface area contributed by atoms with Crippen LogP contribution in [0.15, 0.2) is 47.7 Å². The van der Waals surface area contributed by atoms with Gasteiger partial charge in [-0.2, -0.15) is 0 Å². The van der Waals surface area contributed by atoms with Gasteiger partial charge >= 0.3 is 0 Å². The maximum atomic E-state index is 8.81. The molecule has 3 aromatic heterocycles. The molecule has 0 spiro atoms. The summed E-state index contributed by atoms with van der Waals surface area (Å²) in [7, 11) is 4.08. The van der Waals surface area contributed by atoms with E-state index in [1.807, 2.05) is 61.3 Å². The van der Waals surface area contributed by atoms with Gasteiger partial charge in [0.1, 0.15) is 18.1 Å². The number of rotatable bonds is 9. The largest absolute Gasteiger partial charge is 0.490 e. The van der Waals surface area contributed by atoms with Crippen molar-refractivity contribution >= 4 is 34.2 Å². The smallest absolute Gasteiger partial charge is 0.175 e. The summed E-state index contributed by atoms with van der Waals surface area (Å²) in [6, 6.07) is 7.83. The summed E-state index contributed by atoms with van der Waals surface area (Å²) in [6.07, 6.45) is 8.17. The summed E-state index contributed by atoms with van der Waals surface area (Å²) in [4.78, 5) is 12.7. The van der Waals surface area contributed by atoms with Crippen LogP contribution >= 0.6 is 0 Å². The molecule has 34 heavy (non-hydrogen) atoms. The van der Waals surface area contributed by atoms with Crippen molar-refractivity contribution in [3.63, 3.8) is 0 Å². The topological polar surface area (TPSA) is 97.0 Å². The Hall–Kier alpha value is -3.43. The highest BCUT2D eigenvalue weighted by Crippen LogP contribution is 2.32. The van der Waals surface area contributed by atoms with Crippen molar-refractivity contribution in [2.24, 2.45) is 4.99 Å². The van der Waals surface area contributed by atoms with Crippen LogP contribution in [0.4, 0.5) is 11.5 Å². The van der Waals surface area contributed by atoms with E-state index in [4.69, 9.17) is 20.2 Å². The van der Waals surface area contributed by atoms with E-state index in [1.165, 1.54) is 12.8 Å². The SMILES string of the molecule is CN(C)CCNc1nn2ccccc2c1/N=C1\C=C(OCCN2CCCC2)c2[nH]ccc2C1=N. The Labute approximate surface area is 199 Å². The van der Waals surface area contributed by atoms with Crippen LogP contribution in [0.2, 0.25) is 0 Å². The molecule has 1 aliphatic carbocycles. The lowest BCUT2D eigenvalue weighted by Gasteiger charge is -2.20. The standard InChI is InChI=1S/C25H32N8O/c1-31(2)14-10-28-25-24(20-7-3-4-13-33(20)30-25)29-19-17-21(23-18(22(19)26)8-9-27-23)34-16-15-32-11-5-6-12-32/h3-4,7-9,13,17,26-27H,5-6,10-12,14-16H2,1-2H3,(H,28,30)/b26-22?,29-19+. The summed E-state index contributed by atoms with van der Waals surface area (Å²) in [5.74, 6) is 1.44. The average molecular weight is 461 g/mol. The molecule has 9 heteroatoms. The predicted molar refractivity (Wildman–Crippen MR) is 137 cm³/mol. The first-order valence-corrected chi connectivity index (χ1v) is 11.9. The van der Waals surface area contributed by atoms with E-state index in [2.05, 4.69) is 20.1 Å². The van der Waals surface area contributed by atoms with Crippen molar-refractivity contribution in [1.82, 2.24) is 24.4 Å². The third-order valence-electron chi connectivity index (χ3n) is 6.25. The van der Waals surface area contributed by atoms with Crippen LogP contribution in [0.25, 0.3) is 11.3 Å². The highest BCUT2D eigenvalue weighted by Gasteiger charge is 2.25. The zero-order chi connectivity index (χ0) is 23.5. The van der Waals surface area contributed by atoms with Gasteiger partial charge in [-0.3, -0.25) is 10.3 Å². The number of aliphatic imine (C=N–C) groups is 1. The minimum absolute atomic E-state index is 0.373. The molecule has 2 aliphatic rings. The Morgan fingerprint density at radius 3 is 2.91 bits per heavy atom. The second-order valence-corrected chi connectivity index (χ2v) is 9.00. The van der Waals surface area contributed by atoms with Crippen LogP contribution in [0.5, 0.6) is 0 Å². The van der Waals surface area contributed by atoms with E-state index in [1.54, 1.807) is 0 Å². The normalized spacial score (nSPS) is 17.6. The second kappa shape index (κ2) is 9.82. The first-order chi connectivity index (χ1) is 16.6. The molecule has 1 aliphatic heterocycles. The number of H-pyrrole nitrogens is 1. The Morgan fingerprint density at radius 1 is 1.24 bits per heavy atom. The first-order valence-electron chi connectivity index (χ1n) is 11.9. The van der Waals surface area contributed by atoms with Crippen LogP contribution in [-0.4, -0.2) is 89.2 Å². The quantitative estimate of drug-likeness (QED) is 0.456. The summed E-state index contributed by atoms with van der Waals surface area (Å²) in [5, 5.41) is 16.9. The van der Waals surface area contributed by atoms with Gasteiger partial charge in [0.05, 0.1) is 22.6 Å². The molecule has 1 fully saturated rings. The van der Waals surface area contributed by atoms with Gasteiger partial charge in [0.15, 0.2) is 5.82 Å². The fourth-order valence-electron chi connectivity index (χ4n) is 4.41. The summed E-state index contributed by atoms with van der Waals surface area (Å²) in [6.45, 7) is 5.43. The summed E-state index contributed by atoms with van der Waals surface area (Å²) < 4.78 is 8.03. The molecule has 5 rings (SSSR count). The van der Waals surface area contributed by atoms with Crippen LogP contribution in [0.3, 0.4) is 0 Å². The lowest BCUT2D eigenvalue weighted by atomic mass is 9.98. The van der Waals surface area contributed by atoms with Gasteiger partial charge in [-0.1, -0.05) is 6.07 Å². The highest BCUT2D eigenvalue weighted by atomic mass is 16.5. The molecule has 3 aromatic rings. The number of nitrogens with zero attached hydrogens (tertiary/aromatic N) is 5. The number of aromatic amines is 1. The van der Waals surface area contributed by atoms with Crippen LogP contribution in [0, 0.1) is 5.41 Å². The number of likely N-dealkylation sites (tertiary alicyclic amines) is 1. The van der Waals surface area contributed by atoms with Crippen LogP contribution in [-0.2, 0) is 4.74 Å². The fourth-order valence-corrected chi connectivity index (χ4v) is 4.41. The molecule has 0 bridgehead atoms. The second-order valence-electron chi connectivity index (χ2n) is 9.00. The number of hydrogen-bond acceptors (Lipinski definition) is 7. The molecule has 9 nitrogen and oxygen atoms in total. The number of nitrogens with one attached hydrogen (secondary N) is 3.